The first-order valence-electron chi connectivity index (χ1n) is 7.59. The van der Waals surface area contributed by atoms with Crippen LogP contribution in [0.4, 0.5) is 4.39 Å². The second-order valence-electron chi connectivity index (χ2n) is 5.44. The van der Waals surface area contributed by atoms with Crippen LogP contribution in [0.1, 0.15) is 57.1 Å². The molecule has 0 aromatic heterocycles. The SMILES string of the molecule is CCCNC(C1=CCCCCC1)c1ccc(F)c(Br)c1. The Labute approximate surface area is 129 Å². The quantitative estimate of drug-likeness (QED) is 0.696. The van der Waals surface area contributed by atoms with Crippen molar-refractivity contribution in [2.24, 2.45) is 0 Å². The van der Waals surface area contributed by atoms with E-state index in [4.69, 9.17) is 0 Å². The average molecular weight is 340 g/mol. The van der Waals surface area contributed by atoms with Crippen molar-refractivity contribution in [1.82, 2.24) is 5.32 Å². The Balaban J connectivity index is 2.25. The maximum Gasteiger partial charge on any atom is 0.137 e. The van der Waals surface area contributed by atoms with Gasteiger partial charge in [-0.25, -0.2) is 4.39 Å². The summed E-state index contributed by atoms with van der Waals surface area (Å²) in [5.74, 6) is -0.196. The Morgan fingerprint density at radius 1 is 1.30 bits per heavy atom. The molecule has 0 radical (unpaired) electrons. The summed E-state index contributed by atoms with van der Waals surface area (Å²) >= 11 is 3.30. The van der Waals surface area contributed by atoms with E-state index in [0.717, 1.165) is 24.9 Å². The highest BCUT2D eigenvalue weighted by Crippen LogP contribution is 2.31. The van der Waals surface area contributed by atoms with E-state index in [-0.39, 0.29) is 11.9 Å². The number of allylic oxidation sites excluding steroid dienone is 1. The number of hydrogen-bond acceptors (Lipinski definition) is 1. The highest BCUT2D eigenvalue weighted by atomic mass is 79.9. The molecule has 2 rings (SSSR count). The molecule has 0 heterocycles. The Kier molecular flexibility index (Phi) is 6.24. The Morgan fingerprint density at radius 2 is 2.15 bits per heavy atom. The lowest BCUT2D eigenvalue weighted by molar-refractivity contribution is 0.563. The van der Waals surface area contributed by atoms with E-state index >= 15 is 0 Å². The molecular weight excluding hydrogens is 317 g/mol. The van der Waals surface area contributed by atoms with Gasteiger partial charge in [0.1, 0.15) is 5.82 Å². The molecule has 1 aromatic carbocycles. The second kappa shape index (κ2) is 7.94. The van der Waals surface area contributed by atoms with Crippen molar-refractivity contribution in [3.63, 3.8) is 0 Å². The molecule has 0 aliphatic heterocycles. The molecule has 0 fully saturated rings. The number of nitrogens with one attached hydrogen (secondary N) is 1. The van der Waals surface area contributed by atoms with E-state index in [2.05, 4.69) is 34.2 Å². The minimum Gasteiger partial charge on any atom is -0.307 e. The molecule has 1 aliphatic rings. The molecule has 3 heteroatoms. The molecule has 0 amide bonds. The lowest BCUT2D eigenvalue weighted by Crippen LogP contribution is -2.24. The van der Waals surface area contributed by atoms with E-state index in [9.17, 15) is 4.39 Å². The first kappa shape index (κ1) is 15.7. The highest BCUT2D eigenvalue weighted by molar-refractivity contribution is 9.10. The van der Waals surface area contributed by atoms with Gasteiger partial charge in [-0.1, -0.05) is 31.1 Å². The third-order valence-corrected chi connectivity index (χ3v) is 4.43. The van der Waals surface area contributed by atoms with Crippen LogP contribution in [0.2, 0.25) is 0 Å². The molecule has 20 heavy (non-hydrogen) atoms. The van der Waals surface area contributed by atoms with Crippen LogP contribution in [-0.4, -0.2) is 6.54 Å². The number of halogens is 2. The van der Waals surface area contributed by atoms with Gasteiger partial charge >= 0.3 is 0 Å². The van der Waals surface area contributed by atoms with Crippen LogP contribution in [-0.2, 0) is 0 Å². The molecule has 1 atom stereocenters. The van der Waals surface area contributed by atoms with Crippen molar-refractivity contribution in [3.05, 3.63) is 45.7 Å². The van der Waals surface area contributed by atoms with Crippen molar-refractivity contribution in [1.29, 1.82) is 0 Å². The smallest absolute Gasteiger partial charge is 0.137 e. The number of rotatable bonds is 5. The fourth-order valence-electron chi connectivity index (χ4n) is 2.75. The molecule has 1 N–H and O–H groups in total. The maximum absolute atomic E-state index is 13.4. The van der Waals surface area contributed by atoms with E-state index in [1.807, 2.05) is 12.1 Å². The normalized spacial score (nSPS) is 17.4. The predicted molar refractivity (Wildman–Crippen MR) is 86.3 cm³/mol. The molecular formula is C17H23BrFN. The van der Waals surface area contributed by atoms with Crippen LogP contribution in [0.25, 0.3) is 0 Å². The van der Waals surface area contributed by atoms with Crippen molar-refractivity contribution in [2.75, 3.05) is 6.54 Å². The molecule has 110 valence electrons. The first-order valence-corrected chi connectivity index (χ1v) is 8.39. The van der Waals surface area contributed by atoms with Gasteiger partial charge in [-0.3, -0.25) is 0 Å². The van der Waals surface area contributed by atoms with Gasteiger partial charge in [-0.2, -0.15) is 0 Å². The minimum atomic E-state index is -0.196. The van der Waals surface area contributed by atoms with E-state index in [1.54, 1.807) is 6.07 Å². The Bertz CT molecular complexity index is 470. The fraction of sp³-hybridized carbons (Fsp3) is 0.529. The second-order valence-corrected chi connectivity index (χ2v) is 6.29. The average Bonchev–Trinajstić information content (AvgIpc) is 2.72. The monoisotopic (exact) mass is 339 g/mol. The summed E-state index contributed by atoms with van der Waals surface area (Å²) in [6.45, 7) is 3.16. The maximum atomic E-state index is 13.4. The van der Waals surface area contributed by atoms with Gasteiger partial charge in [0.15, 0.2) is 0 Å². The Morgan fingerprint density at radius 3 is 2.90 bits per heavy atom. The molecule has 1 aliphatic carbocycles. The molecule has 0 saturated carbocycles. The third kappa shape index (κ3) is 4.16. The van der Waals surface area contributed by atoms with Gasteiger partial charge in [0.2, 0.25) is 0 Å². The largest absolute Gasteiger partial charge is 0.307 e. The molecule has 0 spiro atoms. The summed E-state index contributed by atoms with van der Waals surface area (Å²) in [5.41, 5.74) is 2.62. The first-order chi connectivity index (χ1) is 9.72. The summed E-state index contributed by atoms with van der Waals surface area (Å²) in [6, 6.07) is 5.59. The molecule has 1 aromatic rings. The Hall–Kier alpha value is -0.670. The lowest BCUT2D eigenvalue weighted by atomic mass is 9.95. The van der Waals surface area contributed by atoms with E-state index < -0.39 is 0 Å². The van der Waals surface area contributed by atoms with Crippen molar-refractivity contribution >= 4 is 15.9 Å². The van der Waals surface area contributed by atoms with E-state index in [0.29, 0.717) is 4.47 Å². The summed E-state index contributed by atoms with van der Waals surface area (Å²) in [7, 11) is 0. The van der Waals surface area contributed by atoms with Crippen LogP contribution in [0.3, 0.4) is 0 Å². The summed E-state index contributed by atoms with van der Waals surface area (Å²) in [5, 5.41) is 3.62. The van der Waals surface area contributed by atoms with Gasteiger partial charge in [-0.05, 0) is 72.3 Å². The third-order valence-electron chi connectivity index (χ3n) is 3.82. The lowest BCUT2D eigenvalue weighted by Gasteiger charge is -2.22. The number of hydrogen-bond donors (Lipinski definition) is 1. The van der Waals surface area contributed by atoms with Crippen LogP contribution >= 0.6 is 15.9 Å². The van der Waals surface area contributed by atoms with Crippen molar-refractivity contribution < 1.29 is 4.39 Å². The molecule has 0 bridgehead atoms. The predicted octanol–water partition coefficient (Wildman–Crippen LogP) is 5.52. The molecule has 1 unspecified atom stereocenters. The molecule has 1 nitrogen and oxygen atoms in total. The fourth-order valence-corrected chi connectivity index (χ4v) is 3.14. The minimum absolute atomic E-state index is 0.196. The van der Waals surface area contributed by atoms with Crippen LogP contribution < -0.4 is 5.32 Å². The topological polar surface area (TPSA) is 12.0 Å². The summed E-state index contributed by atoms with van der Waals surface area (Å²) < 4.78 is 14.0. The zero-order valence-electron chi connectivity index (χ0n) is 12.1. The standard InChI is InChI=1S/C17H23BrFN/c1-2-11-20-17(13-7-5-3-4-6-8-13)14-9-10-16(19)15(18)12-14/h7,9-10,12,17,20H,2-6,8,11H2,1H3. The van der Waals surface area contributed by atoms with Gasteiger partial charge in [0.05, 0.1) is 10.5 Å². The number of benzene rings is 1. The van der Waals surface area contributed by atoms with Crippen LogP contribution in [0, 0.1) is 5.82 Å². The van der Waals surface area contributed by atoms with Crippen LogP contribution in [0.15, 0.2) is 34.3 Å². The highest BCUT2D eigenvalue weighted by Gasteiger charge is 2.18. The van der Waals surface area contributed by atoms with Crippen molar-refractivity contribution in [3.8, 4) is 0 Å². The molecule has 0 saturated heterocycles. The summed E-state index contributed by atoms with van der Waals surface area (Å²) in [4.78, 5) is 0. The van der Waals surface area contributed by atoms with Crippen molar-refractivity contribution in [2.45, 2.75) is 51.5 Å². The van der Waals surface area contributed by atoms with Gasteiger partial charge in [0, 0.05) is 0 Å². The zero-order valence-corrected chi connectivity index (χ0v) is 13.7. The summed E-state index contributed by atoms with van der Waals surface area (Å²) in [6.07, 6.45) is 9.67. The van der Waals surface area contributed by atoms with Gasteiger partial charge < -0.3 is 5.32 Å². The zero-order chi connectivity index (χ0) is 14.4. The van der Waals surface area contributed by atoms with Crippen LogP contribution in [0.5, 0.6) is 0 Å². The van der Waals surface area contributed by atoms with Gasteiger partial charge in [-0.15, -0.1) is 0 Å². The van der Waals surface area contributed by atoms with Gasteiger partial charge in [0.25, 0.3) is 0 Å². The van der Waals surface area contributed by atoms with E-state index in [1.165, 1.54) is 31.3 Å².